The van der Waals surface area contributed by atoms with Crippen LogP contribution in [0.3, 0.4) is 0 Å². The van der Waals surface area contributed by atoms with Gasteiger partial charge in [-0.2, -0.15) is 0 Å². The van der Waals surface area contributed by atoms with E-state index in [-0.39, 0.29) is 18.9 Å². The molecule has 0 saturated carbocycles. The third kappa shape index (κ3) is 43.6. The topological polar surface area (TPSA) is 228 Å². The maximum Gasteiger partial charge on any atom is 0.220 e. The Hall–Kier alpha value is -2.31. The van der Waals surface area contributed by atoms with Crippen LogP contribution in [0.15, 0.2) is 60.8 Å². The van der Waals surface area contributed by atoms with Crippen LogP contribution in [-0.4, -0.2) is 140 Å². The molecule has 0 aromatic heterocycles. The Bertz CT molecular complexity index is 1740. The lowest BCUT2D eigenvalue weighted by molar-refractivity contribution is -0.359. The molecule has 526 valence electrons. The Balaban J connectivity index is 1.63. The van der Waals surface area contributed by atoms with Crippen LogP contribution >= 0.6 is 0 Å². The minimum atomic E-state index is -1.79. The SMILES string of the molecule is CC/C=C\C/C=C\C/C=C\C/C=C\C/C=C\CCCCCCCCCC(=O)NC(COC1OC(CO)C(OC2OC(CO)C(O)C(O)C2O)C(O)C1O)C(O)CCCCCCCCCCCCCCCCCCCCCCCCCCCCCCCCCCC. The summed E-state index contributed by atoms with van der Waals surface area (Å²) in [5, 5.41) is 87.7. The van der Waals surface area contributed by atoms with Crippen molar-refractivity contribution in [1.29, 1.82) is 0 Å². The number of hydrogen-bond acceptors (Lipinski definition) is 13. The number of carbonyl (C=O) groups excluding carboxylic acids is 1. The summed E-state index contributed by atoms with van der Waals surface area (Å²) in [6, 6.07) is -0.840. The molecule has 12 unspecified atom stereocenters. The van der Waals surface area contributed by atoms with Crippen molar-refractivity contribution in [3.05, 3.63) is 60.8 Å². The van der Waals surface area contributed by atoms with Crippen molar-refractivity contribution in [2.75, 3.05) is 19.8 Å². The summed E-state index contributed by atoms with van der Waals surface area (Å²) in [7, 11) is 0. The van der Waals surface area contributed by atoms with Crippen molar-refractivity contribution in [2.24, 2.45) is 0 Å². The number of ether oxygens (including phenoxy) is 4. The van der Waals surface area contributed by atoms with E-state index in [0.29, 0.717) is 12.8 Å². The third-order valence-corrected chi connectivity index (χ3v) is 18.2. The van der Waals surface area contributed by atoms with E-state index < -0.39 is 86.8 Å². The number of aliphatic hydroxyl groups excluding tert-OH is 8. The molecule has 2 aliphatic rings. The fourth-order valence-corrected chi connectivity index (χ4v) is 12.3. The summed E-state index contributed by atoms with van der Waals surface area (Å²) in [6.45, 7) is 2.78. The zero-order valence-corrected chi connectivity index (χ0v) is 57.4. The number of rotatable bonds is 62. The highest BCUT2D eigenvalue weighted by Gasteiger charge is 2.51. The van der Waals surface area contributed by atoms with Gasteiger partial charge >= 0.3 is 0 Å². The second kappa shape index (κ2) is 60.4. The molecule has 14 heteroatoms. The fourth-order valence-electron chi connectivity index (χ4n) is 12.3. The lowest BCUT2D eigenvalue weighted by atomic mass is 9.97. The monoisotopic (exact) mass is 1270 g/mol. The van der Waals surface area contributed by atoms with E-state index >= 15 is 0 Å². The molecule has 2 fully saturated rings. The highest BCUT2D eigenvalue weighted by molar-refractivity contribution is 5.76. The molecule has 12 atom stereocenters. The first-order valence-electron chi connectivity index (χ1n) is 37.5. The molecule has 2 rings (SSSR count). The zero-order chi connectivity index (χ0) is 65.2. The van der Waals surface area contributed by atoms with Crippen molar-refractivity contribution in [3.63, 3.8) is 0 Å². The molecule has 2 aliphatic heterocycles. The average Bonchev–Trinajstić information content (AvgIpc) is 1.28. The number of allylic oxidation sites excluding steroid dienone is 10. The highest BCUT2D eigenvalue weighted by atomic mass is 16.7. The third-order valence-electron chi connectivity index (χ3n) is 18.2. The van der Waals surface area contributed by atoms with Crippen LogP contribution in [0.4, 0.5) is 0 Å². The second-order valence-corrected chi connectivity index (χ2v) is 26.4. The molecule has 0 radical (unpaired) electrons. The number of amides is 1. The number of nitrogens with one attached hydrogen (secondary N) is 1. The van der Waals surface area contributed by atoms with Crippen molar-refractivity contribution in [2.45, 2.75) is 396 Å². The van der Waals surface area contributed by atoms with Gasteiger partial charge in [-0.25, -0.2) is 0 Å². The smallest absolute Gasteiger partial charge is 0.220 e. The maximum absolute atomic E-state index is 13.4. The zero-order valence-electron chi connectivity index (χ0n) is 57.4. The molecular formula is C76H139NO13. The predicted molar refractivity (Wildman–Crippen MR) is 369 cm³/mol. The van der Waals surface area contributed by atoms with Crippen molar-refractivity contribution < 1.29 is 64.6 Å². The molecule has 0 aromatic carbocycles. The number of aliphatic hydroxyl groups is 8. The van der Waals surface area contributed by atoms with E-state index in [2.05, 4.69) is 79.9 Å². The van der Waals surface area contributed by atoms with Gasteiger partial charge in [-0.3, -0.25) is 4.79 Å². The molecule has 0 bridgehead atoms. The normalized spacial score (nSPS) is 23.2. The first-order chi connectivity index (χ1) is 44.1. The van der Waals surface area contributed by atoms with Gasteiger partial charge in [0, 0.05) is 6.42 Å². The van der Waals surface area contributed by atoms with Crippen LogP contribution in [0, 0.1) is 0 Å². The molecular weight excluding hydrogens is 1130 g/mol. The van der Waals surface area contributed by atoms with Gasteiger partial charge in [-0.15, -0.1) is 0 Å². The fraction of sp³-hybridized carbons (Fsp3) is 0.855. The van der Waals surface area contributed by atoms with E-state index in [1.54, 1.807) is 0 Å². The first kappa shape index (κ1) is 83.8. The van der Waals surface area contributed by atoms with Gasteiger partial charge in [-0.05, 0) is 57.8 Å². The summed E-state index contributed by atoms with van der Waals surface area (Å²) >= 11 is 0. The summed E-state index contributed by atoms with van der Waals surface area (Å²) < 4.78 is 22.9. The van der Waals surface area contributed by atoms with Gasteiger partial charge < -0.3 is 65.1 Å². The molecule has 0 spiro atoms. The van der Waals surface area contributed by atoms with Crippen molar-refractivity contribution in [3.8, 4) is 0 Å². The van der Waals surface area contributed by atoms with Gasteiger partial charge in [0.15, 0.2) is 12.6 Å². The van der Waals surface area contributed by atoms with Crippen molar-refractivity contribution in [1.82, 2.24) is 5.32 Å². The summed E-state index contributed by atoms with van der Waals surface area (Å²) in [6.07, 6.45) is 63.9. The lowest BCUT2D eigenvalue weighted by Crippen LogP contribution is -2.65. The quantitative estimate of drug-likeness (QED) is 0.0204. The Morgan fingerprint density at radius 2 is 0.767 bits per heavy atom. The molecule has 14 nitrogen and oxygen atoms in total. The van der Waals surface area contributed by atoms with E-state index in [0.717, 1.165) is 96.3 Å². The summed E-state index contributed by atoms with van der Waals surface area (Å²) in [5.41, 5.74) is 0. The van der Waals surface area contributed by atoms with E-state index in [4.69, 9.17) is 18.9 Å². The van der Waals surface area contributed by atoms with Crippen LogP contribution in [0.2, 0.25) is 0 Å². The van der Waals surface area contributed by atoms with Gasteiger partial charge in [-0.1, -0.05) is 319 Å². The van der Waals surface area contributed by atoms with Crippen LogP contribution in [0.5, 0.6) is 0 Å². The maximum atomic E-state index is 13.4. The predicted octanol–water partition coefficient (Wildman–Crippen LogP) is 16.0. The van der Waals surface area contributed by atoms with Crippen LogP contribution in [0.25, 0.3) is 0 Å². The molecule has 0 aliphatic carbocycles. The van der Waals surface area contributed by atoms with Crippen LogP contribution < -0.4 is 5.32 Å². The average molecular weight is 1270 g/mol. The minimum absolute atomic E-state index is 0.215. The molecule has 2 saturated heterocycles. The van der Waals surface area contributed by atoms with Crippen LogP contribution in [0.1, 0.15) is 322 Å². The number of hydrogen-bond donors (Lipinski definition) is 9. The van der Waals surface area contributed by atoms with Gasteiger partial charge in [0.1, 0.15) is 48.8 Å². The highest BCUT2D eigenvalue weighted by Crippen LogP contribution is 2.30. The van der Waals surface area contributed by atoms with Gasteiger partial charge in [0.25, 0.3) is 0 Å². The van der Waals surface area contributed by atoms with Crippen LogP contribution in [-0.2, 0) is 23.7 Å². The van der Waals surface area contributed by atoms with E-state index in [1.807, 2.05) is 0 Å². The second-order valence-electron chi connectivity index (χ2n) is 26.4. The molecule has 2 heterocycles. The first-order valence-corrected chi connectivity index (χ1v) is 37.5. The number of carbonyl (C=O) groups is 1. The summed E-state index contributed by atoms with van der Waals surface area (Å²) in [4.78, 5) is 13.4. The Labute approximate surface area is 549 Å². The standard InChI is InChI=1S/C76H139NO13/c1-3-5-7-9-11-13-15-17-19-21-23-25-27-28-29-30-31-32-33-34-35-36-38-39-41-43-45-47-49-51-53-55-57-59-65(80)64(63-87-75-73(86)71(84)74(67(62-79)89-75)90-76-72(85)70(83)69(82)66(61-78)88-76)77-68(81)60-58-56-54-52-50-48-46-44-42-40-37-26-24-22-20-18-16-14-12-10-8-6-4-2/h6,8,12,14,18,20,24,26,40,42,64-67,69-76,78-80,82-86H,3-5,7,9-11,13,15-17,19,21-23,25,27-39,41,43-63H2,1-2H3,(H,77,81)/b8-6-,14-12-,20-18-,26-24-,42-40-. The van der Waals surface area contributed by atoms with E-state index in [1.165, 1.54) is 193 Å². The van der Waals surface area contributed by atoms with Gasteiger partial charge in [0.05, 0.1) is 32.0 Å². The minimum Gasteiger partial charge on any atom is -0.394 e. The Kier molecular flexibility index (Phi) is 56.2. The molecule has 90 heavy (non-hydrogen) atoms. The Morgan fingerprint density at radius 1 is 0.411 bits per heavy atom. The van der Waals surface area contributed by atoms with Gasteiger partial charge in [0.2, 0.25) is 5.91 Å². The number of unbranched alkanes of at least 4 members (excludes halogenated alkanes) is 39. The lowest BCUT2D eigenvalue weighted by Gasteiger charge is -2.46. The molecule has 0 aromatic rings. The largest absolute Gasteiger partial charge is 0.394 e. The molecule has 1 amide bonds. The summed E-state index contributed by atoms with van der Waals surface area (Å²) in [5.74, 6) is -0.215. The van der Waals surface area contributed by atoms with E-state index in [9.17, 15) is 45.6 Å². The molecule has 9 N–H and O–H groups in total. The van der Waals surface area contributed by atoms with Crippen molar-refractivity contribution >= 4 is 5.91 Å². The Morgan fingerprint density at radius 3 is 1.18 bits per heavy atom.